The van der Waals surface area contributed by atoms with Crippen molar-refractivity contribution in [3.05, 3.63) is 64.1 Å². The van der Waals surface area contributed by atoms with E-state index in [0.29, 0.717) is 29.3 Å². The van der Waals surface area contributed by atoms with E-state index in [1.807, 2.05) is 31.2 Å². The van der Waals surface area contributed by atoms with Crippen LogP contribution in [-0.2, 0) is 17.9 Å². The van der Waals surface area contributed by atoms with Gasteiger partial charge in [0.15, 0.2) is 0 Å². The molecule has 27 heavy (non-hydrogen) atoms. The molecular weight excluding hydrogens is 342 g/mol. The molecule has 0 bridgehead atoms. The molecule has 0 aliphatic heterocycles. The molecule has 2 atom stereocenters. The number of para-hydroxylation sites is 1. The standard InChI is InChI=1S/C21H23N3O3/c1-13-5-4-6-16-20(13)22-12-24(21(16)26)11-19(25)23(3)10-15-7-8-18(27-15)17-9-14(17)2/h4-8,12,14,17H,9-11H2,1-3H3/t14-,17+/m0/s1. The van der Waals surface area contributed by atoms with E-state index >= 15 is 0 Å². The van der Waals surface area contributed by atoms with E-state index in [0.717, 1.165) is 17.1 Å². The molecule has 0 N–H and O–H groups in total. The lowest BCUT2D eigenvalue weighted by Crippen LogP contribution is -2.33. The summed E-state index contributed by atoms with van der Waals surface area (Å²) in [5, 5.41) is 0.530. The van der Waals surface area contributed by atoms with Crippen LogP contribution in [0.2, 0.25) is 0 Å². The van der Waals surface area contributed by atoms with Crippen molar-refractivity contribution in [1.82, 2.24) is 14.5 Å². The summed E-state index contributed by atoms with van der Waals surface area (Å²) in [6, 6.07) is 9.41. The van der Waals surface area contributed by atoms with E-state index in [4.69, 9.17) is 4.42 Å². The molecule has 1 amide bonds. The number of hydrogen-bond acceptors (Lipinski definition) is 4. The fourth-order valence-electron chi connectivity index (χ4n) is 3.44. The Hall–Kier alpha value is -2.89. The van der Waals surface area contributed by atoms with Gasteiger partial charge in [-0.25, -0.2) is 4.98 Å². The molecule has 140 valence electrons. The van der Waals surface area contributed by atoms with E-state index in [1.165, 1.54) is 17.3 Å². The summed E-state index contributed by atoms with van der Waals surface area (Å²) >= 11 is 0. The number of carbonyl (C=O) groups excluding carboxylic acids is 1. The summed E-state index contributed by atoms with van der Waals surface area (Å²) in [5.74, 6) is 2.80. The number of amides is 1. The van der Waals surface area contributed by atoms with Crippen LogP contribution in [0.5, 0.6) is 0 Å². The second kappa shape index (κ2) is 6.68. The Bertz CT molecular complexity index is 1070. The van der Waals surface area contributed by atoms with Crippen molar-refractivity contribution in [3.8, 4) is 0 Å². The smallest absolute Gasteiger partial charge is 0.261 e. The summed E-state index contributed by atoms with van der Waals surface area (Å²) in [5.41, 5.74) is 1.42. The highest BCUT2D eigenvalue weighted by atomic mass is 16.3. The van der Waals surface area contributed by atoms with E-state index in [-0.39, 0.29) is 18.0 Å². The maximum atomic E-state index is 12.6. The Morgan fingerprint density at radius 2 is 2.11 bits per heavy atom. The van der Waals surface area contributed by atoms with Crippen LogP contribution in [0.25, 0.3) is 10.9 Å². The number of benzene rings is 1. The summed E-state index contributed by atoms with van der Waals surface area (Å²) < 4.78 is 7.23. The number of carbonyl (C=O) groups is 1. The van der Waals surface area contributed by atoms with Crippen LogP contribution in [0.1, 0.15) is 36.3 Å². The maximum Gasteiger partial charge on any atom is 0.261 e. The zero-order chi connectivity index (χ0) is 19.1. The number of likely N-dealkylation sites (N-methyl/N-ethyl adjacent to an activating group) is 1. The van der Waals surface area contributed by atoms with Crippen molar-refractivity contribution < 1.29 is 9.21 Å². The second-order valence-electron chi connectivity index (χ2n) is 7.52. The van der Waals surface area contributed by atoms with Crippen LogP contribution >= 0.6 is 0 Å². The molecule has 1 fully saturated rings. The third kappa shape index (κ3) is 3.39. The topological polar surface area (TPSA) is 68.3 Å². The van der Waals surface area contributed by atoms with Gasteiger partial charge in [0.2, 0.25) is 5.91 Å². The third-order valence-corrected chi connectivity index (χ3v) is 5.34. The average Bonchev–Trinajstić information content (AvgIpc) is 3.19. The first-order chi connectivity index (χ1) is 12.9. The lowest BCUT2D eigenvalue weighted by molar-refractivity contribution is -0.131. The molecule has 1 aliphatic carbocycles. The largest absolute Gasteiger partial charge is 0.464 e. The number of aryl methyl sites for hydroxylation is 1. The van der Waals surface area contributed by atoms with Gasteiger partial charge in [0.1, 0.15) is 18.1 Å². The van der Waals surface area contributed by atoms with Crippen molar-refractivity contribution in [2.45, 2.75) is 39.3 Å². The molecule has 6 heteroatoms. The van der Waals surface area contributed by atoms with Gasteiger partial charge in [-0.05, 0) is 43.0 Å². The molecule has 1 aliphatic rings. The van der Waals surface area contributed by atoms with Gasteiger partial charge < -0.3 is 9.32 Å². The quantitative estimate of drug-likeness (QED) is 0.697. The number of hydrogen-bond donors (Lipinski definition) is 0. The lowest BCUT2D eigenvalue weighted by Gasteiger charge is -2.16. The van der Waals surface area contributed by atoms with Crippen LogP contribution in [0.4, 0.5) is 0 Å². The van der Waals surface area contributed by atoms with E-state index in [1.54, 1.807) is 18.0 Å². The fourth-order valence-corrected chi connectivity index (χ4v) is 3.44. The molecule has 1 saturated carbocycles. The second-order valence-corrected chi connectivity index (χ2v) is 7.52. The minimum Gasteiger partial charge on any atom is -0.464 e. The Balaban J connectivity index is 1.47. The van der Waals surface area contributed by atoms with Gasteiger partial charge >= 0.3 is 0 Å². The third-order valence-electron chi connectivity index (χ3n) is 5.34. The Kier molecular flexibility index (Phi) is 4.34. The molecule has 0 spiro atoms. The van der Waals surface area contributed by atoms with Crippen LogP contribution in [0.15, 0.2) is 45.9 Å². The summed E-state index contributed by atoms with van der Waals surface area (Å²) in [6.45, 7) is 4.46. The molecule has 0 saturated heterocycles. The fraction of sp³-hybridized carbons (Fsp3) is 0.381. The number of rotatable bonds is 5. The minimum atomic E-state index is -0.201. The zero-order valence-corrected chi connectivity index (χ0v) is 15.8. The molecule has 6 nitrogen and oxygen atoms in total. The van der Waals surface area contributed by atoms with E-state index in [9.17, 15) is 9.59 Å². The van der Waals surface area contributed by atoms with Crippen LogP contribution < -0.4 is 5.56 Å². The molecule has 0 radical (unpaired) electrons. The van der Waals surface area contributed by atoms with Crippen molar-refractivity contribution in [3.63, 3.8) is 0 Å². The van der Waals surface area contributed by atoms with Crippen molar-refractivity contribution >= 4 is 16.8 Å². The molecule has 4 rings (SSSR count). The van der Waals surface area contributed by atoms with Crippen molar-refractivity contribution in [2.75, 3.05) is 7.05 Å². The first-order valence-electron chi connectivity index (χ1n) is 9.21. The number of aromatic nitrogens is 2. The molecule has 1 aromatic carbocycles. The van der Waals surface area contributed by atoms with Crippen LogP contribution in [-0.4, -0.2) is 27.4 Å². The maximum absolute atomic E-state index is 12.6. The van der Waals surface area contributed by atoms with Gasteiger partial charge in [-0.1, -0.05) is 19.1 Å². The average molecular weight is 365 g/mol. The SMILES string of the molecule is Cc1cccc2c(=O)n(CC(=O)N(C)Cc3ccc([C@@H]4C[C@@H]4C)o3)cnc12. The first kappa shape index (κ1) is 17.5. The number of nitrogens with zero attached hydrogens (tertiary/aromatic N) is 3. The van der Waals surface area contributed by atoms with Crippen LogP contribution in [0, 0.1) is 12.8 Å². The monoisotopic (exact) mass is 365 g/mol. The van der Waals surface area contributed by atoms with Gasteiger partial charge in [0.25, 0.3) is 5.56 Å². The van der Waals surface area contributed by atoms with E-state index in [2.05, 4.69) is 11.9 Å². The molecule has 2 heterocycles. The van der Waals surface area contributed by atoms with Gasteiger partial charge in [0, 0.05) is 13.0 Å². The highest BCUT2D eigenvalue weighted by Gasteiger charge is 2.36. The number of furan rings is 1. The lowest BCUT2D eigenvalue weighted by atomic mass is 10.1. The minimum absolute atomic E-state index is 0.0422. The molecule has 3 aromatic rings. The first-order valence-corrected chi connectivity index (χ1v) is 9.21. The van der Waals surface area contributed by atoms with Gasteiger partial charge in [0.05, 0.1) is 23.8 Å². The summed E-state index contributed by atoms with van der Waals surface area (Å²) in [4.78, 5) is 31.1. The Labute approximate surface area is 157 Å². The van der Waals surface area contributed by atoms with Gasteiger partial charge in [-0.15, -0.1) is 0 Å². The molecule has 0 unspecified atom stereocenters. The van der Waals surface area contributed by atoms with Gasteiger partial charge in [-0.2, -0.15) is 0 Å². The normalized spacial score (nSPS) is 18.6. The van der Waals surface area contributed by atoms with Crippen LogP contribution in [0.3, 0.4) is 0 Å². The molecular formula is C21H23N3O3. The zero-order valence-electron chi connectivity index (χ0n) is 15.8. The predicted octanol–water partition coefficient (Wildman–Crippen LogP) is 3.08. The number of fused-ring (bicyclic) bond motifs is 1. The predicted molar refractivity (Wildman–Crippen MR) is 102 cm³/mol. The summed E-state index contributed by atoms with van der Waals surface area (Å²) in [7, 11) is 1.72. The van der Waals surface area contributed by atoms with Gasteiger partial charge in [-0.3, -0.25) is 14.2 Å². The summed E-state index contributed by atoms with van der Waals surface area (Å²) in [6.07, 6.45) is 2.61. The highest BCUT2D eigenvalue weighted by molar-refractivity contribution is 5.81. The van der Waals surface area contributed by atoms with E-state index < -0.39 is 0 Å². The van der Waals surface area contributed by atoms with Crippen molar-refractivity contribution in [2.24, 2.45) is 5.92 Å². The molecule has 2 aromatic heterocycles. The Morgan fingerprint density at radius 1 is 1.33 bits per heavy atom. The highest BCUT2D eigenvalue weighted by Crippen LogP contribution is 2.47. The van der Waals surface area contributed by atoms with Crippen molar-refractivity contribution in [1.29, 1.82) is 0 Å². The Morgan fingerprint density at radius 3 is 2.85 bits per heavy atom.